The first kappa shape index (κ1) is 12.0. The molecule has 0 aromatic carbocycles. The van der Waals surface area contributed by atoms with Crippen molar-refractivity contribution >= 4 is 0 Å². The van der Waals surface area contributed by atoms with Gasteiger partial charge in [0, 0.05) is 12.1 Å². The van der Waals surface area contributed by atoms with Gasteiger partial charge in [-0.15, -0.1) is 0 Å². The second-order valence-electron chi connectivity index (χ2n) is 4.76. The lowest BCUT2D eigenvalue weighted by molar-refractivity contribution is 0.114. The highest BCUT2D eigenvalue weighted by Gasteiger charge is 2.31. The normalized spacial score (nSPS) is 21.2. The second-order valence-corrected chi connectivity index (χ2v) is 4.76. The Morgan fingerprint density at radius 1 is 1.36 bits per heavy atom. The fourth-order valence-electron chi connectivity index (χ4n) is 2.14. The number of aliphatic hydroxyl groups is 1. The van der Waals surface area contributed by atoms with Crippen molar-refractivity contribution < 1.29 is 5.11 Å². The van der Waals surface area contributed by atoms with Crippen LogP contribution < -0.4 is 0 Å². The van der Waals surface area contributed by atoms with Crippen molar-refractivity contribution in [2.24, 2.45) is 0 Å². The summed E-state index contributed by atoms with van der Waals surface area (Å²) in [6.07, 6.45) is 6.06. The average molecular weight is 199 g/mol. The highest BCUT2D eigenvalue weighted by atomic mass is 16.3. The van der Waals surface area contributed by atoms with Gasteiger partial charge in [0.25, 0.3) is 0 Å². The molecule has 1 N–H and O–H groups in total. The van der Waals surface area contributed by atoms with E-state index in [0.717, 1.165) is 12.5 Å². The maximum absolute atomic E-state index is 9.37. The van der Waals surface area contributed by atoms with Crippen LogP contribution >= 0.6 is 0 Å². The van der Waals surface area contributed by atoms with E-state index in [-0.39, 0.29) is 6.10 Å². The van der Waals surface area contributed by atoms with Gasteiger partial charge in [-0.3, -0.25) is 4.90 Å². The van der Waals surface area contributed by atoms with Crippen LogP contribution in [0.15, 0.2) is 0 Å². The zero-order valence-electron chi connectivity index (χ0n) is 9.87. The molecule has 2 unspecified atom stereocenters. The zero-order chi connectivity index (χ0) is 10.6. The van der Waals surface area contributed by atoms with Crippen LogP contribution in [0.4, 0.5) is 0 Å². The van der Waals surface area contributed by atoms with E-state index >= 15 is 0 Å². The van der Waals surface area contributed by atoms with Crippen LogP contribution in [0.5, 0.6) is 0 Å². The Labute approximate surface area is 88.3 Å². The third-order valence-corrected chi connectivity index (χ3v) is 3.03. The van der Waals surface area contributed by atoms with E-state index in [0.29, 0.717) is 6.04 Å². The van der Waals surface area contributed by atoms with Crippen LogP contribution in [0.2, 0.25) is 0 Å². The summed E-state index contributed by atoms with van der Waals surface area (Å²) in [6, 6.07) is 1.38. The maximum atomic E-state index is 9.37. The van der Waals surface area contributed by atoms with Crippen LogP contribution in [0.25, 0.3) is 0 Å². The van der Waals surface area contributed by atoms with Gasteiger partial charge in [0.2, 0.25) is 0 Å². The number of unbranched alkanes of at least 4 members (excludes halogenated alkanes) is 1. The molecule has 1 aliphatic rings. The molecule has 2 nitrogen and oxygen atoms in total. The highest BCUT2D eigenvalue weighted by Crippen LogP contribution is 2.29. The minimum atomic E-state index is -0.159. The zero-order valence-corrected chi connectivity index (χ0v) is 9.87. The number of aliphatic hydroxyl groups excluding tert-OH is 1. The van der Waals surface area contributed by atoms with Crippen LogP contribution in [-0.2, 0) is 0 Å². The molecule has 0 spiro atoms. The topological polar surface area (TPSA) is 23.5 Å². The van der Waals surface area contributed by atoms with Crippen molar-refractivity contribution in [3.8, 4) is 0 Å². The first-order valence-electron chi connectivity index (χ1n) is 6.09. The lowest BCUT2D eigenvalue weighted by Crippen LogP contribution is -2.37. The fourth-order valence-corrected chi connectivity index (χ4v) is 2.14. The molecule has 0 aromatic heterocycles. The van der Waals surface area contributed by atoms with Crippen molar-refractivity contribution in [3.05, 3.63) is 0 Å². The first-order chi connectivity index (χ1) is 6.65. The first-order valence-corrected chi connectivity index (χ1v) is 6.09. The molecule has 1 rings (SSSR count). The Morgan fingerprint density at radius 2 is 2.00 bits per heavy atom. The lowest BCUT2D eigenvalue weighted by Gasteiger charge is -2.29. The predicted octanol–water partition coefficient (Wildman–Crippen LogP) is 2.41. The van der Waals surface area contributed by atoms with Gasteiger partial charge >= 0.3 is 0 Å². The molecule has 0 bridgehead atoms. The van der Waals surface area contributed by atoms with E-state index in [2.05, 4.69) is 18.7 Å². The van der Waals surface area contributed by atoms with E-state index in [9.17, 15) is 5.11 Å². The van der Waals surface area contributed by atoms with E-state index < -0.39 is 0 Å². The van der Waals surface area contributed by atoms with E-state index in [1.807, 2.05) is 6.92 Å². The summed E-state index contributed by atoms with van der Waals surface area (Å²) in [4.78, 5) is 2.59. The second kappa shape index (κ2) is 5.72. The Morgan fingerprint density at radius 3 is 2.43 bits per heavy atom. The fraction of sp³-hybridized carbons (Fsp3) is 1.00. The minimum absolute atomic E-state index is 0.159. The van der Waals surface area contributed by atoms with Gasteiger partial charge in [0.15, 0.2) is 0 Å². The summed E-state index contributed by atoms with van der Waals surface area (Å²) in [5.41, 5.74) is 0. The molecule has 0 amide bonds. The number of rotatable bonds is 7. The monoisotopic (exact) mass is 199 g/mol. The summed E-state index contributed by atoms with van der Waals surface area (Å²) in [5.74, 6) is 0. The minimum Gasteiger partial charge on any atom is -0.393 e. The largest absolute Gasteiger partial charge is 0.393 e. The summed E-state index contributed by atoms with van der Waals surface area (Å²) in [5, 5.41) is 9.37. The SMILES string of the molecule is CCCCN(C(C)CC(C)O)C1CC1. The van der Waals surface area contributed by atoms with Crippen LogP contribution in [0, 0.1) is 0 Å². The number of hydrogen-bond donors (Lipinski definition) is 1. The molecule has 84 valence electrons. The van der Waals surface area contributed by atoms with E-state index in [4.69, 9.17) is 0 Å². The van der Waals surface area contributed by atoms with Crippen molar-refractivity contribution in [3.63, 3.8) is 0 Å². The molecule has 0 aromatic rings. The summed E-state index contributed by atoms with van der Waals surface area (Å²) >= 11 is 0. The summed E-state index contributed by atoms with van der Waals surface area (Å²) in [6.45, 7) is 7.60. The van der Waals surface area contributed by atoms with E-state index in [1.54, 1.807) is 0 Å². The van der Waals surface area contributed by atoms with E-state index in [1.165, 1.54) is 32.2 Å². The molecule has 0 aliphatic heterocycles. The average Bonchev–Trinajstić information content (AvgIpc) is 2.87. The van der Waals surface area contributed by atoms with Gasteiger partial charge in [-0.05, 0) is 46.1 Å². The van der Waals surface area contributed by atoms with Gasteiger partial charge in [0.05, 0.1) is 6.10 Å². The van der Waals surface area contributed by atoms with Gasteiger partial charge in [-0.25, -0.2) is 0 Å². The number of nitrogens with zero attached hydrogens (tertiary/aromatic N) is 1. The molecule has 0 radical (unpaired) electrons. The predicted molar refractivity (Wildman–Crippen MR) is 60.4 cm³/mol. The summed E-state index contributed by atoms with van der Waals surface area (Å²) in [7, 11) is 0. The van der Waals surface area contributed by atoms with Crippen LogP contribution in [0.1, 0.15) is 52.9 Å². The van der Waals surface area contributed by atoms with Gasteiger partial charge in [-0.1, -0.05) is 13.3 Å². The molecular formula is C12H25NO. The van der Waals surface area contributed by atoms with Crippen molar-refractivity contribution in [2.45, 2.75) is 71.1 Å². The highest BCUT2D eigenvalue weighted by molar-refractivity contribution is 4.87. The van der Waals surface area contributed by atoms with Crippen molar-refractivity contribution in [1.82, 2.24) is 4.90 Å². The van der Waals surface area contributed by atoms with Gasteiger partial charge in [-0.2, -0.15) is 0 Å². The molecule has 0 heterocycles. The van der Waals surface area contributed by atoms with Crippen LogP contribution in [-0.4, -0.2) is 34.7 Å². The van der Waals surface area contributed by atoms with Crippen molar-refractivity contribution in [2.75, 3.05) is 6.54 Å². The van der Waals surface area contributed by atoms with Gasteiger partial charge < -0.3 is 5.11 Å². The maximum Gasteiger partial charge on any atom is 0.0526 e. The Bertz CT molecular complexity index is 154. The molecule has 14 heavy (non-hydrogen) atoms. The summed E-state index contributed by atoms with van der Waals surface area (Å²) < 4.78 is 0. The smallest absolute Gasteiger partial charge is 0.0526 e. The Hall–Kier alpha value is -0.0800. The Balaban J connectivity index is 2.32. The third-order valence-electron chi connectivity index (χ3n) is 3.03. The van der Waals surface area contributed by atoms with Gasteiger partial charge in [0.1, 0.15) is 0 Å². The molecular weight excluding hydrogens is 174 g/mol. The van der Waals surface area contributed by atoms with Crippen LogP contribution in [0.3, 0.4) is 0 Å². The number of hydrogen-bond acceptors (Lipinski definition) is 2. The third kappa shape index (κ3) is 3.97. The quantitative estimate of drug-likeness (QED) is 0.680. The Kier molecular flexibility index (Phi) is 4.90. The molecule has 2 atom stereocenters. The molecule has 2 heteroatoms. The molecule has 1 aliphatic carbocycles. The van der Waals surface area contributed by atoms with Crippen molar-refractivity contribution in [1.29, 1.82) is 0 Å². The molecule has 0 saturated heterocycles. The molecule has 1 saturated carbocycles. The molecule has 1 fully saturated rings. The standard InChI is InChI=1S/C12H25NO/c1-4-5-8-13(12-6-7-12)10(2)9-11(3)14/h10-12,14H,4-9H2,1-3H3. The lowest BCUT2D eigenvalue weighted by atomic mass is 10.1.